The predicted octanol–water partition coefficient (Wildman–Crippen LogP) is -2.40. The van der Waals surface area contributed by atoms with Gasteiger partial charge in [-0.15, -0.1) is 0 Å². The van der Waals surface area contributed by atoms with Gasteiger partial charge in [0.25, 0.3) is 0 Å². The van der Waals surface area contributed by atoms with Gasteiger partial charge in [-0.1, -0.05) is 12.1 Å². The number of rotatable bonds is 8. The zero-order valence-corrected chi connectivity index (χ0v) is 18.7. The first-order chi connectivity index (χ1) is 14.4. The Bertz CT molecular complexity index is 967. The van der Waals surface area contributed by atoms with Crippen LogP contribution in [-0.4, -0.2) is 19.2 Å². The molecule has 0 radical (unpaired) electrons. The molecule has 0 spiro atoms. The second kappa shape index (κ2) is 12.6. The smallest absolute Gasteiger partial charge is 0.159 e. The summed E-state index contributed by atoms with van der Waals surface area (Å²) >= 11 is 0. The van der Waals surface area contributed by atoms with Crippen LogP contribution in [0.5, 0.6) is 5.75 Å². The van der Waals surface area contributed by atoms with Crippen LogP contribution < -0.4 is 41.0 Å². The highest BCUT2D eigenvalue weighted by Crippen LogP contribution is 2.33. The van der Waals surface area contributed by atoms with Crippen molar-refractivity contribution in [3.63, 3.8) is 0 Å². The van der Waals surface area contributed by atoms with E-state index in [4.69, 9.17) is 4.74 Å². The van der Waals surface area contributed by atoms with E-state index in [1.165, 1.54) is 12.1 Å². The van der Waals surface area contributed by atoms with Gasteiger partial charge in [0.15, 0.2) is 23.3 Å². The van der Waals surface area contributed by atoms with Crippen LogP contribution in [-0.2, 0) is 0 Å². The highest BCUT2D eigenvalue weighted by Gasteiger charge is 2.13. The Morgan fingerprint density at radius 3 is 1.62 bits per heavy atom. The van der Waals surface area contributed by atoms with E-state index in [1.54, 1.807) is 18.2 Å². The average molecular weight is 491 g/mol. The molecule has 0 fully saturated rings. The maximum atomic E-state index is 13.7. The maximum Gasteiger partial charge on any atom is 0.159 e. The molecule has 0 saturated carbocycles. The fourth-order valence-corrected chi connectivity index (χ4v) is 3.10. The van der Waals surface area contributed by atoms with E-state index in [0.29, 0.717) is 34.6 Å². The van der Waals surface area contributed by atoms with Crippen molar-refractivity contribution in [3.8, 4) is 28.0 Å². The van der Waals surface area contributed by atoms with E-state index in [2.05, 4.69) is 11.5 Å². The zero-order valence-electron chi connectivity index (χ0n) is 17.2. The van der Waals surface area contributed by atoms with E-state index in [-0.39, 0.29) is 30.9 Å². The molecule has 3 nitrogen and oxygen atoms in total. The summed E-state index contributed by atoms with van der Waals surface area (Å²) in [5, 5.41) is 0. The minimum absolute atomic E-state index is 0. The molecule has 0 bridgehead atoms. The molecular weight excluding hydrogens is 467 g/mol. The van der Waals surface area contributed by atoms with E-state index in [1.807, 2.05) is 0 Å². The highest BCUT2D eigenvalue weighted by molar-refractivity contribution is 5.75. The standard InChI is InChI=1S/C23H22F4N2O.2ClH/c24-20-5-3-14(11-22(20)26)16-8-17(15-4-6-21(25)23(27)12-15)10-19(9-16)30-13-18(29)2-1-7-28;;/h3-6,8-12,18H,1-2,7,13,28-29H2;2*1H/t18-;;/m1../s1. The normalized spacial score (nSPS) is 11.3. The van der Waals surface area contributed by atoms with Crippen molar-refractivity contribution in [3.05, 3.63) is 77.9 Å². The van der Waals surface area contributed by atoms with Gasteiger partial charge in [0.2, 0.25) is 0 Å². The van der Waals surface area contributed by atoms with Gasteiger partial charge in [-0.3, -0.25) is 0 Å². The summed E-state index contributed by atoms with van der Waals surface area (Å²) in [6, 6.07) is 12.3. The Hall–Kier alpha value is -2.32. The predicted molar refractivity (Wildman–Crippen MR) is 106 cm³/mol. The zero-order chi connectivity index (χ0) is 21.7. The summed E-state index contributed by atoms with van der Waals surface area (Å²) in [6.45, 7) is 1.18. The Morgan fingerprint density at radius 1 is 0.688 bits per heavy atom. The molecule has 0 aromatic heterocycles. The second-order valence-electron chi connectivity index (χ2n) is 7.18. The minimum atomic E-state index is -0.973. The molecule has 0 aliphatic heterocycles. The van der Waals surface area contributed by atoms with E-state index in [9.17, 15) is 17.6 Å². The first-order valence-corrected chi connectivity index (χ1v) is 9.68. The molecule has 0 unspecified atom stereocenters. The number of ether oxygens (including phenoxy) is 1. The molecule has 3 aromatic rings. The molecule has 1 atom stereocenters. The van der Waals surface area contributed by atoms with Crippen molar-refractivity contribution in [2.75, 3.05) is 13.2 Å². The van der Waals surface area contributed by atoms with Crippen LogP contribution in [0.15, 0.2) is 54.6 Å². The summed E-state index contributed by atoms with van der Waals surface area (Å²) in [5.41, 5.74) is 9.86. The lowest BCUT2D eigenvalue weighted by Gasteiger charge is -2.14. The maximum absolute atomic E-state index is 13.7. The molecule has 9 heteroatoms. The topological polar surface area (TPSA) is 64.5 Å². The van der Waals surface area contributed by atoms with Crippen LogP contribution in [0.25, 0.3) is 22.3 Å². The summed E-state index contributed by atoms with van der Waals surface area (Å²) in [4.78, 5) is 0. The Kier molecular flexibility index (Phi) is 11.0. The number of benzene rings is 3. The van der Waals surface area contributed by atoms with Gasteiger partial charge >= 0.3 is 0 Å². The van der Waals surface area contributed by atoms with Crippen molar-refractivity contribution in [1.82, 2.24) is 0 Å². The fraction of sp³-hybridized carbons (Fsp3) is 0.217. The number of quaternary nitrogens is 2. The number of hydrogen-bond donors (Lipinski definition) is 2. The lowest BCUT2D eigenvalue weighted by Crippen LogP contribution is -3.00. The quantitative estimate of drug-likeness (QED) is 0.339. The van der Waals surface area contributed by atoms with Crippen LogP contribution >= 0.6 is 0 Å². The Labute approximate surface area is 196 Å². The van der Waals surface area contributed by atoms with E-state index >= 15 is 0 Å². The van der Waals surface area contributed by atoms with E-state index in [0.717, 1.165) is 43.7 Å². The van der Waals surface area contributed by atoms with Crippen LogP contribution in [0.1, 0.15) is 12.8 Å². The van der Waals surface area contributed by atoms with Crippen molar-refractivity contribution >= 4 is 0 Å². The Morgan fingerprint density at radius 2 is 1.19 bits per heavy atom. The van der Waals surface area contributed by atoms with Gasteiger partial charge in [0.1, 0.15) is 18.4 Å². The molecule has 0 aliphatic rings. The summed E-state index contributed by atoms with van der Waals surface area (Å²) in [7, 11) is 0. The largest absolute Gasteiger partial charge is 1.00 e. The third-order valence-electron chi connectivity index (χ3n) is 4.76. The third kappa shape index (κ3) is 7.10. The molecule has 0 saturated heterocycles. The van der Waals surface area contributed by atoms with Crippen LogP contribution in [0.2, 0.25) is 0 Å². The first kappa shape index (κ1) is 27.7. The average Bonchev–Trinajstić information content (AvgIpc) is 2.74. The second-order valence-corrected chi connectivity index (χ2v) is 7.18. The van der Waals surface area contributed by atoms with Gasteiger partial charge in [-0.05, 0) is 64.7 Å². The van der Waals surface area contributed by atoms with Gasteiger partial charge in [-0.25, -0.2) is 17.6 Å². The molecule has 0 amide bonds. The lowest BCUT2D eigenvalue weighted by atomic mass is 9.98. The molecular formula is C23H24Cl2F4N2O. The van der Waals surface area contributed by atoms with Crippen molar-refractivity contribution in [2.45, 2.75) is 18.9 Å². The number of hydrogen-bond acceptors (Lipinski definition) is 1. The first-order valence-electron chi connectivity index (χ1n) is 9.68. The molecule has 0 aliphatic carbocycles. The van der Waals surface area contributed by atoms with Gasteiger partial charge in [-0.2, -0.15) is 0 Å². The molecule has 6 N–H and O–H groups in total. The molecule has 3 rings (SSSR count). The van der Waals surface area contributed by atoms with Crippen LogP contribution in [0.4, 0.5) is 17.6 Å². The van der Waals surface area contributed by atoms with Crippen LogP contribution in [0.3, 0.4) is 0 Å². The molecule has 174 valence electrons. The molecule has 3 aromatic carbocycles. The minimum Gasteiger partial charge on any atom is -1.00 e. The van der Waals surface area contributed by atoms with Crippen molar-refractivity contribution in [2.24, 2.45) is 0 Å². The van der Waals surface area contributed by atoms with E-state index < -0.39 is 23.3 Å². The third-order valence-corrected chi connectivity index (χ3v) is 4.76. The van der Waals surface area contributed by atoms with Crippen LogP contribution in [0, 0.1) is 23.3 Å². The molecule has 0 heterocycles. The Balaban J connectivity index is 0.00000256. The highest BCUT2D eigenvalue weighted by atomic mass is 35.5. The van der Waals surface area contributed by atoms with Gasteiger partial charge < -0.3 is 41.0 Å². The lowest BCUT2D eigenvalue weighted by molar-refractivity contribution is -0.429. The van der Waals surface area contributed by atoms with Gasteiger partial charge in [0, 0.05) is 12.8 Å². The summed E-state index contributed by atoms with van der Waals surface area (Å²) in [6.07, 6.45) is 1.80. The van der Waals surface area contributed by atoms with Crippen molar-refractivity contribution < 1.29 is 58.6 Å². The summed E-state index contributed by atoms with van der Waals surface area (Å²) < 4.78 is 60.1. The van der Waals surface area contributed by atoms with Crippen molar-refractivity contribution in [1.29, 1.82) is 0 Å². The summed E-state index contributed by atoms with van der Waals surface area (Å²) in [5.74, 6) is -3.37. The monoisotopic (exact) mass is 490 g/mol. The SMILES string of the molecule is [Cl-].[Cl-].[NH3+]CCC[C@@H]([NH3+])COc1cc(-c2ccc(F)c(F)c2)cc(-c2ccc(F)c(F)c2)c1. The molecule has 32 heavy (non-hydrogen) atoms. The number of halogens is 6. The fourth-order valence-electron chi connectivity index (χ4n) is 3.10. The van der Waals surface area contributed by atoms with Gasteiger partial charge in [0.05, 0.1) is 6.54 Å².